The van der Waals surface area contributed by atoms with Gasteiger partial charge < -0.3 is 16.4 Å². The molecule has 2 rings (SSSR count). The molecule has 4 N–H and O–H groups in total. The molecule has 0 aliphatic carbocycles. The number of benzene rings is 1. The molecule has 0 saturated carbocycles. The lowest BCUT2D eigenvalue weighted by atomic mass is 10.0. The van der Waals surface area contributed by atoms with E-state index in [2.05, 4.69) is 10.6 Å². The third-order valence-corrected chi connectivity index (χ3v) is 3.13. The molecule has 0 bridgehead atoms. The Morgan fingerprint density at radius 2 is 2.26 bits per heavy atom. The van der Waals surface area contributed by atoms with Gasteiger partial charge in [0.25, 0.3) is 0 Å². The molecule has 102 valence electrons. The molecule has 2 amide bonds. The van der Waals surface area contributed by atoms with Crippen LogP contribution in [0, 0.1) is 0 Å². The molecule has 0 radical (unpaired) electrons. The van der Waals surface area contributed by atoms with Crippen LogP contribution in [0.1, 0.15) is 24.0 Å². The Bertz CT molecular complexity index is 486. The van der Waals surface area contributed by atoms with Crippen molar-refractivity contribution in [3.8, 4) is 0 Å². The third kappa shape index (κ3) is 3.79. The summed E-state index contributed by atoms with van der Waals surface area (Å²) in [5.41, 5.74) is 8.44. The van der Waals surface area contributed by atoms with Gasteiger partial charge in [-0.25, -0.2) is 0 Å². The fourth-order valence-electron chi connectivity index (χ4n) is 2.19. The van der Waals surface area contributed by atoms with Crippen LogP contribution >= 0.6 is 0 Å². The number of carbonyl (C=O) groups excluding carboxylic acids is 2. The van der Waals surface area contributed by atoms with Gasteiger partial charge in [0.05, 0.1) is 6.42 Å². The molecule has 0 fully saturated rings. The summed E-state index contributed by atoms with van der Waals surface area (Å²) in [5.74, 6) is 0.0942. The minimum atomic E-state index is 0.0449. The van der Waals surface area contributed by atoms with Crippen LogP contribution in [0.4, 0.5) is 5.69 Å². The Balaban J connectivity index is 1.79. The average Bonchev–Trinajstić information content (AvgIpc) is 2.75. The van der Waals surface area contributed by atoms with E-state index in [0.717, 1.165) is 24.1 Å². The number of hydrogen-bond acceptors (Lipinski definition) is 3. The maximum atomic E-state index is 11.4. The first kappa shape index (κ1) is 13.5. The van der Waals surface area contributed by atoms with Crippen molar-refractivity contribution in [2.45, 2.75) is 25.7 Å². The molecule has 0 unspecified atom stereocenters. The lowest BCUT2D eigenvalue weighted by molar-refractivity contribution is -0.121. The summed E-state index contributed by atoms with van der Waals surface area (Å²) in [6.45, 7) is 1.00. The normalized spacial score (nSPS) is 13.0. The van der Waals surface area contributed by atoms with Gasteiger partial charge in [0.2, 0.25) is 11.8 Å². The molecule has 1 heterocycles. The van der Waals surface area contributed by atoms with Crippen molar-refractivity contribution >= 4 is 17.5 Å². The van der Waals surface area contributed by atoms with Crippen LogP contribution in [0.3, 0.4) is 0 Å². The van der Waals surface area contributed by atoms with E-state index in [1.807, 2.05) is 18.2 Å². The monoisotopic (exact) mass is 261 g/mol. The van der Waals surface area contributed by atoms with Crippen molar-refractivity contribution < 1.29 is 9.59 Å². The highest BCUT2D eigenvalue weighted by Gasteiger charge is 2.17. The zero-order valence-corrected chi connectivity index (χ0v) is 10.9. The van der Waals surface area contributed by atoms with Gasteiger partial charge in [-0.15, -0.1) is 0 Å². The Kier molecular flexibility index (Phi) is 4.52. The van der Waals surface area contributed by atoms with E-state index in [1.165, 1.54) is 5.56 Å². The largest absolute Gasteiger partial charge is 0.355 e. The van der Waals surface area contributed by atoms with Crippen molar-refractivity contribution in [2.75, 3.05) is 18.4 Å². The van der Waals surface area contributed by atoms with E-state index in [9.17, 15) is 9.59 Å². The average molecular weight is 261 g/mol. The number of aryl methyl sites for hydroxylation is 1. The van der Waals surface area contributed by atoms with Crippen molar-refractivity contribution in [1.82, 2.24) is 5.32 Å². The quantitative estimate of drug-likeness (QED) is 0.700. The Morgan fingerprint density at radius 3 is 3.05 bits per heavy atom. The Hall–Kier alpha value is -1.88. The van der Waals surface area contributed by atoms with Gasteiger partial charge in [-0.1, -0.05) is 12.1 Å². The highest BCUT2D eigenvalue weighted by atomic mass is 16.2. The summed E-state index contributed by atoms with van der Waals surface area (Å²) in [7, 11) is 0. The maximum absolute atomic E-state index is 11.4. The molecule has 1 aliphatic heterocycles. The van der Waals surface area contributed by atoms with E-state index < -0.39 is 0 Å². The first-order valence-electron chi connectivity index (χ1n) is 6.57. The summed E-state index contributed by atoms with van der Waals surface area (Å²) in [6, 6.07) is 5.98. The predicted octanol–water partition coefficient (Wildman–Crippen LogP) is 0.579. The molecular formula is C14H19N3O2. The summed E-state index contributed by atoms with van der Waals surface area (Å²) >= 11 is 0. The van der Waals surface area contributed by atoms with Crippen LogP contribution in [0.5, 0.6) is 0 Å². The van der Waals surface area contributed by atoms with E-state index in [1.54, 1.807) is 0 Å². The lowest BCUT2D eigenvalue weighted by Gasteiger charge is -2.05. The van der Waals surface area contributed by atoms with Crippen LogP contribution in [0.15, 0.2) is 18.2 Å². The number of rotatable bonds is 6. The SMILES string of the molecule is NCCNC(=O)CCCc1ccc2c(c1)CC(=O)N2. The second kappa shape index (κ2) is 6.33. The zero-order valence-electron chi connectivity index (χ0n) is 10.9. The number of nitrogens with two attached hydrogens (primary N) is 1. The summed E-state index contributed by atoms with van der Waals surface area (Å²) < 4.78 is 0. The summed E-state index contributed by atoms with van der Waals surface area (Å²) in [6.07, 6.45) is 2.61. The van der Waals surface area contributed by atoms with Gasteiger partial charge >= 0.3 is 0 Å². The number of carbonyl (C=O) groups is 2. The van der Waals surface area contributed by atoms with Crippen molar-refractivity contribution in [3.05, 3.63) is 29.3 Å². The van der Waals surface area contributed by atoms with E-state index in [-0.39, 0.29) is 11.8 Å². The molecule has 0 aromatic heterocycles. The minimum absolute atomic E-state index is 0.0449. The molecule has 1 aliphatic rings. The minimum Gasteiger partial charge on any atom is -0.355 e. The van der Waals surface area contributed by atoms with Gasteiger partial charge in [-0.3, -0.25) is 9.59 Å². The first-order chi connectivity index (χ1) is 9.19. The van der Waals surface area contributed by atoms with Gasteiger partial charge in [0.1, 0.15) is 0 Å². The zero-order chi connectivity index (χ0) is 13.7. The molecule has 5 heteroatoms. The van der Waals surface area contributed by atoms with Gasteiger partial charge in [0.15, 0.2) is 0 Å². The van der Waals surface area contributed by atoms with Gasteiger partial charge in [-0.05, 0) is 30.0 Å². The van der Waals surface area contributed by atoms with Gasteiger partial charge in [-0.2, -0.15) is 0 Å². The fourth-order valence-corrected chi connectivity index (χ4v) is 2.19. The first-order valence-corrected chi connectivity index (χ1v) is 6.57. The predicted molar refractivity (Wildman–Crippen MR) is 73.8 cm³/mol. The van der Waals surface area contributed by atoms with E-state index in [4.69, 9.17) is 5.73 Å². The van der Waals surface area contributed by atoms with Crippen molar-refractivity contribution in [3.63, 3.8) is 0 Å². The fraction of sp³-hybridized carbons (Fsp3) is 0.429. The lowest BCUT2D eigenvalue weighted by Crippen LogP contribution is -2.28. The second-order valence-corrected chi connectivity index (χ2v) is 4.71. The van der Waals surface area contributed by atoms with Crippen LogP contribution in [0.25, 0.3) is 0 Å². The van der Waals surface area contributed by atoms with Crippen LogP contribution in [-0.2, 0) is 22.4 Å². The number of fused-ring (bicyclic) bond motifs is 1. The molecule has 0 saturated heterocycles. The van der Waals surface area contributed by atoms with Crippen LogP contribution < -0.4 is 16.4 Å². The molecule has 1 aromatic rings. The number of hydrogen-bond donors (Lipinski definition) is 3. The Morgan fingerprint density at radius 1 is 1.42 bits per heavy atom. The number of nitrogens with one attached hydrogen (secondary N) is 2. The molecule has 0 spiro atoms. The highest BCUT2D eigenvalue weighted by molar-refractivity contribution is 5.99. The van der Waals surface area contributed by atoms with Crippen LogP contribution in [0.2, 0.25) is 0 Å². The molecule has 0 atom stereocenters. The third-order valence-electron chi connectivity index (χ3n) is 3.13. The number of amides is 2. The molecular weight excluding hydrogens is 242 g/mol. The maximum Gasteiger partial charge on any atom is 0.228 e. The summed E-state index contributed by atoms with van der Waals surface area (Å²) in [4.78, 5) is 22.6. The standard InChI is InChI=1S/C14H19N3O2/c15-6-7-16-13(18)3-1-2-10-4-5-12-11(8-10)9-14(19)17-12/h4-5,8H,1-3,6-7,9,15H2,(H,16,18)(H,17,19). The Labute approximate surface area is 112 Å². The number of anilines is 1. The van der Waals surface area contributed by atoms with Gasteiger partial charge in [0, 0.05) is 25.2 Å². The smallest absolute Gasteiger partial charge is 0.228 e. The van der Waals surface area contributed by atoms with Crippen molar-refractivity contribution in [2.24, 2.45) is 5.73 Å². The highest BCUT2D eigenvalue weighted by Crippen LogP contribution is 2.24. The van der Waals surface area contributed by atoms with Crippen LogP contribution in [-0.4, -0.2) is 24.9 Å². The van der Waals surface area contributed by atoms with E-state index >= 15 is 0 Å². The second-order valence-electron chi connectivity index (χ2n) is 4.71. The molecule has 5 nitrogen and oxygen atoms in total. The topological polar surface area (TPSA) is 84.2 Å². The van der Waals surface area contributed by atoms with E-state index in [0.29, 0.717) is 25.9 Å². The summed E-state index contributed by atoms with van der Waals surface area (Å²) in [5, 5.41) is 5.55. The molecule has 1 aromatic carbocycles. The molecule has 19 heavy (non-hydrogen) atoms. The van der Waals surface area contributed by atoms with Crippen molar-refractivity contribution in [1.29, 1.82) is 0 Å².